The smallest absolute Gasteiger partial charge is 0.261 e. The Morgan fingerprint density at radius 1 is 0.567 bits per heavy atom. The summed E-state index contributed by atoms with van der Waals surface area (Å²) in [5, 5.41) is 62.9. The molecule has 4 unspecified atom stereocenters. The van der Waals surface area contributed by atoms with E-state index in [0.29, 0.717) is 0 Å². The van der Waals surface area contributed by atoms with Crippen LogP contribution in [0.15, 0.2) is 121 Å². The van der Waals surface area contributed by atoms with Gasteiger partial charge in [0, 0.05) is 6.92 Å². The third kappa shape index (κ3) is 9.12. The van der Waals surface area contributed by atoms with E-state index in [1.54, 1.807) is 0 Å². The van der Waals surface area contributed by atoms with E-state index in [9.17, 15) is 30.3 Å². The number of aliphatic hydroxyl groups excluding tert-OH is 5. The van der Waals surface area contributed by atoms with Gasteiger partial charge in [-0.15, -0.1) is 0 Å². The number of carbonyl (C=O) groups excluding carboxylic acids is 1. The fourth-order valence-corrected chi connectivity index (χ4v) is 18.0. The maximum atomic E-state index is 12.3. The van der Waals surface area contributed by atoms with Crippen LogP contribution in [-0.2, 0) is 27.9 Å². The van der Waals surface area contributed by atoms with Gasteiger partial charge in [0.2, 0.25) is 5.91 Å². The van der Waals surface area contributed by atoms with Gasteiger partial charge in [0.25, 0.3) is 16.6 Å². The summed E-state index contributed by atoms with van der Waals surface area (Å²) < 4.78 is 33.0. The van der Waals surface area contributed by atoms with Crippen LogP contribution in [-0.4, -0.2) is 123 Å². The molecule has 2 aliphatic rings. The zero-order valence-electron chi connectivity index (χ0n) is 35.4. The van der Waals surface area contributed by atoms with Crippen molar-refractivity contribution in [2.75, 3.05) is 13.2 Å². The zero-order chi connectivity index (χ0) is 43.5. The lowest BCUT2D eigenvalue weighted by Crippen LogP contribution is -2.70. The molecule has 60 heavy (non-hydrogen) atoms. The number of ether oxygens (including phenoxy) is 3. The number of aliphatic hydroxyl groups is 5. The first-order chi connectivity index (χ1) is 28.4. The maximum absolute atomic E-state index is 12.3. The van der Waals surface area contributed by atoms with E-state index >= 15 is 0 Å². The molecule has 0 aromatic heterocycles. The lowest BCUT2D eigenvalue weighted by molar-refractivity contribution is -0.344. The standard InChI is InChI=1S/C46H61NO11Si2/c1-30(48)47-37-39(50)42(36(56-43(37)53)29-55-60(46(5,6)7,33-24-16-10-17-25-33)34-26-18-11-19-27-34)58-44-41(52)40(51)38(49)35(57-44)28-54-59(45(2,3)4,31-20-12-8-13-21-31)32-22-14-9-15-23-32/h8-27,35-44,49-53H,28-29H2,1-7H3,(H,47,48)/t35?,36?,37?,38-,39+,40-,41?,42+,43+,44-/m0/s1. The van der Waals surface area contributed by atoms with Crippen LogP contribution < -0.4 is 26.1 Å². The van der Waals surface area contributed by atoms with Gasteiger partial charge in [-0.2, -0.15) is 0 Å². The van der Waals surface area contributed by atoms with Gasteiger partial charge in [-0.25, -0.2) is 0 Å². The van der Waals surface area contributed by atoms with Crippen molar-refractivity contribution in [1.29, 1.82) is 0 Å². The summed E-state index contributed by atoms with van der Waals surface area (Å²) in [4.78, 5) is 12.3. The van der Waals surface area contributed by atoms with Crippen molar-refractivity contribution in [3.8, 4) is 0 Å². The highest BCUT2D eigenvalue weighted by Gasteiger charge is 2.56. The molecule has 2 saturated heterocycles. The molecule has 2 aliphatic heterocycles. The lowest BCUT2D eigenvalue weighted by Gasteiger charge is -2.49. The third-order valence-corrected chi connectivity index (χ3v) is 21.8. The maximum Gasteiger partial charge on any atom is 0.261 e. The molecule has 12 nitrogen and oxygen atoms in total. The van der Waals surface area contributed by atoms with Crippen molar-refractivity contribution in [1.82, 2.24) is 5.32 Å². The minimum Gasteiger partial charge on any atom is -0.405 e. The third-order valence-electron chi connectivity index (χ3n) is 11.8. The number of amides is 1. The Hall–Kier alpha value is -3.62. The van der Waals surface area contributed by atoms with Gasteiger partial charge in [0.05, 0.1) is 13.2 Å². The van der Waals surface area contributed by atoms with Crippen LogP contribution in [0.3, 0.4) is 0 Å². The van der Waals surface area contributed by atoms with Gasteiger partial charge < -0.3 is 53.9 Å². The first-order valence-electron chi connectivity index (χ1n) is 20.6. The highest BCUT2D eigenvalue weighted by atomic mass is 28.4. The summed E-state index contributed by atoms with van der Waals surface area (Å²) in [7, 11) is -6.32. The summed E-state index contributed by atoms with van der Waals surface area (Å²) in [6, 6.07) is 38.4. The molecule has 4 aromatic rings. The van der Waals surface area contributed by atoms with Crippen molar-refractivity contribution in [3.63, 3.8) is 0 Å². The number of carbonyl (C=O) groups is 1. The summed E-state index contributed by atoms with van der Waals surface area (Å²) in [5.41, 5.74) is 0. The number of rotatable bonds is 13. The van der Waals surface area contributed by atoms with E-state index < -0.39 is 94.0 Å². The SMILES string of the molecule is CC(=O)NC1[C@H](O)OC(CO[Si](c2ccccc2)(c2ccccc2)C(C)(C)C)[C@@H](O[C@@H]2OC(CO[Si](c3ccccc3)(c3ccccc3)C(C)(C)C)[C@H](O)[C@H](O)C2O)[C@@H]1O. The van der Waals surface area contributed by atoms with Crippen molar-refractivity contribution in [3.05, 3.63) is 121 Å². The molecule has 324 valence electrons. The van der Waals surface area contributed by atoms with E-state index in [2.05, 4.69) is 46.9 Å². The normalized spacial score (nSPS) is 27.9. The monoisotopic (exact) mass is 859 g/mol. The number of benzene rings is 4. The predicted molar refractivity (Wildman–Crippen MR) is 233 cm³/mol. The van der Waals surface area contributed by atoms with Crippen molar-refractivity contribution >= 4 is 43.3 Å². The van der Waals surface area contributed by atoms with Crippen LogP contribution in [0.2, 0.25) is 10.1 Å². The fraction of sp³-hybridized carbons (Fsp3) is 0.457. The topological polar surface area (TPSA) is 176 Å². The molecule has 4 aromatic carbocycles. The molecule has 1 amide bonds. The van der Waals surface area contributed by atoms with Gasteiger partial charge in [-0.05, 0) is 30.8 Å². The molecule has 2 fully saturated rings. The molecule has 0 spiro atoms. The molecule has 0 radical (unpaired) electrons. The van der Waals surface area contributed by atoms with Crippen molar-refractivity contribution in [2.45, 2.75) is 120 Å². The first kappa shape index (κ1) is 45.9. The number of nitrogens with one attached hydrogen (secondary N) is 1. The van der Waals surface area contributed by atoms with Gasteiger partial charge in [-0.1, -0.05) is 163 Å². The van der Waals surface area contributed by atoms with Crippen molar-refractivity contribution in [2.24, 2.45) is 0 Å². The quantitative estimate of drug-likeness (QED) is 0.108. The second-order valence-corrected chi connectivity index (χ2v) is 26.5. The number of hydrogen-bond acceptors (Lipinski definition) is 11. The van der Waals surface area contributed by atoms with E-state index in [-0.39, 0.29) is 13.2 Å². The van der Waals surface area contributed by atoms with Gasteiger partial charge >= 0.3 is 0 Å². The van der Waals surface area contributed by atoms with E-state index in [0.717, 1.165) is 20.7 Å². The second kappa shape index (κ2) is 18.8. The zero-order valence-corrected chi connectivity index (χ0v) is 37.4. The Morgan fingerprint density at radius 2 is 0.950 bits per heavy atom. The minimum atomic E-state index is -3.18. The average molecular weight is 860 g/mol. The molecule has 0 saturated carbocycles. The first-order valence-corrected chi connectivity index (χ1v) is 24.4. The summed E-state index contributed by atoms with van der Waals surface area (Å²) in [5.74, 6) is -0.532. The van der Waals surface area contributed by atoms with E-state index in [4.69, 9.17) is 23.1 Å². The largest absolute Gasteiger partial charge is 0.405 e. The Kier molecular flexibility index (Phi) is 14.4. The van der Waals surface area contributed by atoms with Gasteiger partial charge in [0.15, 0.2) is 12.6 Å². The Balaban J connectivity index is 1.33. The van der Waals surface area contributed by atoms with Crippen molar-refractivity contribution < 1.29 is 53.4 Å². The summed E-state index contributed by atoms with van der Waals surface area (Å²) in [6.07, 6.45) is -13.7. The van der Waals surface area contributed by atoms with Crippen LogP contribution in [0.5, 0.6) is 0 Å². The molecule has 2 heterocycles. The van der Waals surface area contributed by atoms with Crippen LogP contribution in [0.25, 0.3) is 0 Å². The van der Waals surface area contributed by atoms with E-state index in [1.165, 1.54) is 6.92 Å². The van der Waals surface area contributed by atoms with Gasteiger partial charge in [-0.3, -0.25) is 4.79 Å². The highest BCUT2D eigenvalue weighted by Crippen LogP contribution is 2.39. The molecular weight excluding hydrogens is 799 g/mol. The van der Waals surface area contributed by atoms with Gasteiger partial charge in [0.1, 0.15) is 48.8 Å². The molecule has 14 heteroatoms. The Morgan fingerprint density at radius 3 is 1.32 bits per heavy atom. The molecular formula is C46H61NO11Si2. The van der Waals surface area contributed by atoms with Crippen LogP contribution in [0.4, 0.5) is 0 Å². The second-order valence-electron chi connectivity index (χ2n) is 17.8. The van der Waals surface area contributed by atoms with Crippen LogP contribution in [0.1, 0.15) is 48.5 Å². The lowest BCUT2D eigenvalue weighted by atomic mass is 9.95. The molecule has 0 aliphatic carbocycles. The molecule has 6 N–H and O–H groups in total. The highest BCUT2D eigenvalue weighted by molar-refractivity contribution is 7.00. The summed E-state index contributed by atoms with van der Waals surface area (Å²) >= 11 is 0. The average Bonchev–Trinajstić information content (AvgIpc) is 3.22. The molecule has 0 bridgehead atoms. The van der Waals surface area contributed by atoms with Crippen LogP contribution in [0, 0.1) is 0 Å². The van der Waals surface area contributed by atoms with Crippen LogP contribution >= 0.6 is 0 Å². The van der Waals surface area contributed by atoms with E-state index in [1.807, 2.05) is 121 Å². The predicted octanol–water partition coefficient (Wildman–Crippen LogP) is 1.92. The molecule has 10 atom stereocenters. The minimum absolute atomic E-state index is 0.185. The molecule has 6 rings (SSSR count). The Bertz CT molecular complexity index is 1890. The fourth-order valence-electron chi connectivity index (χ4n) is 8.89. The number of hydrogen-bond donors (Lipinski definition) is 6. The summed E-state index contributed by atoms with van der Waals surface area (Å²) in [6.45, 7) is 13.5. The Labute approximate surface area is 355 Å².